The maximum Gasteiger partial charge on any atom is 0.471 e. The molecule has 0 amide bonds. The second-order valence-corrected chi connectivity index (χ2v) is 8.61. The fourth-order valence-corrected chi connectivity index (χ4v) is 2.93. The molecule has 2 rings (SSSR count). The minimum Gasteiger partial charge on any atom is -0.442 e. The van der Waals surface area contributed by atoms with Gasteiger partial charge in [-0.15, -0.1) is 0 Å². The van der Waals surface area contributed by atoms with Crippen LogP contribution in [0.5, 0.6) is 11.5 Å². The van der Waals surface area contributed by atoms with Gasteiger partial charge in [-0.1, -0.05) is 0 Å². The predicted molar refractivity (Wildman–Crippen MR) is 103 cm³/mol. The Morgan fingerprint density at radius 3 is 0.725 bits per heavy atom. The highest BCUT2D eigenvalue weighted by Crippen LogP contribution is 2.56. The topological polar surface area (TPSA) is 27.7 Å². The van der Waals surface area contributed by atoms with Gasteiger partial charge in [0.1, 0.15) is 0 Å². The molecular formula is C22F26O3. The minimum atomic E-state index is -8.19. The Morgan fingerprint density at radius 1 is 0.333 bits per heavy atom. The van der Waals surface area contributed by atoms with E-state index in [0.29, 0.717) is 0 Å². The molecule has 0 aromatic heterocycles. The Balaban J connectivity index is 2.69. The van der Waals surface area contributed by atoms with Crippen LogP contribution in [0.2, 0.25) is 0 Å². The number of rotatable bonds is 12. The number of halogens is 26. The van der Waals surface area contributed by atoms with Crippen LogP contribution in [0.15, 0.2) is 23.7 Å². The second-order valence-electron chi connectivity index (χ2n) is 8.61. The first-order valence-electron chi connectivity index (χ1n) is 11.1. The summed E-state index contributed by atoms with van der Waals surface area (Å²) < 4.78 is 363. The number of hydrogen-bond donors (Lipinski definition) is 0. The van der Waals surface area contributed by atoms with Crippen LogP contribution in [0.1, 0.15) is 0 Å². The zero-order valence-electron chi connectivity index (χ0n) is 22.1. The summed E-state index contributed by atoms with van der Waals surface area (Å²) in [6.07, 6.45) is -25.5. The highest BCUT2D eigenvalue weighted by atomic mass is 19.4. The van der Waals surface area contributed by atoms with Gasteiger partial charge < -0.3 is 14.2 Å². The van der Waals surface area contributed by atoms with Crippen molar-refractivity contribution in [3.8, 4) is 11.5 Å². The summed E-state index contributed by atoms with van der Waals surface area (Å²) >= 11 is 0. The minimum absolute atomic E-state index is 2.16. The molecule has 0 atom stereocenters. The molecule has 0 radical (unpaired) electrons. The van der Waals surface area contributed by atoms with Gasteiger partial charge in [-0.3, -0.25) is 0 Å². The second kappa shape index (κ2) is 13.2. The Bertz CT molecular complexity index is 1580. The molecule has 29 heteroatoms. The molecule has 0 N–H and O–H groups in total. The quantitative estimate of drug-likeness (QED) is 0.0926. The number of ether oxygens (including phenoxy) is 3. The highest BCUT2D eigenvalue weighted by Gasteiger charge is 2.80. The first-order valence-corrected chi connectivity index (χ1v) is 11.1. The van der Waals surface area contributed by atoms with E-state index >= 15 is 0 Å². The van der Waals surface area contributed by atoms with Crippen LogP contribution in [-0.2, 0) is 4.74 Å². The lowest BCUT2D eigenvalue weighted by atomic mass is 10.1. The summed E-state index contributed by atoms with van der Waals surface area (Å²) in [7, 11) is 0. The SMILES string of the molecule is FC(F)=C(OC(=C(F)F)C(F)(F)C(F)(F)C(F)(F)Oc1c(F)c(F)c(F)c(F)c1F)C(F)(F)C(F)(F)C(F)(F)Oc1c(F)c(F)c(F)c(F)c1F. The van der Waals surface area contributed by atoms with Crippen molar-refractivity contribution in [1.29, 1.82) is 0 Å². The van der Waals surface area contributed by atoms with E-state index in [-0.39, 0.29) is 0 Å². The smallest absolute Gasteiger partial charge is 0.442 e. The van der Waals surface area contributed by atoms with Crippen molar-refractivity contribution in [3.05, 3.63) is 81.9 Å². The Hall–Kier alpha value is -4.50. The molecule has 0 saturated carbocycles. The Labute approximate surface area is 258 Å². The lowest BCUT2D eigenvalue weighted by molar-refractivity contribution is -0.376. The normalized spacial score (nSPS) is 13.3. The van der Waals surface area contributed by atoms with Crippen molar-refractivity contribution in [2.75, 3.05) is 0 Å². The maximum atomic E-state index is 14.3. The van der Waals surface area contributed by atoms with Crippen LogP contribution in [0.4, 0.5) is 114 Å². The van der Waals surface area contributed by atoms with Crippen LogP contribution >= 0.6 is 0 Å². The molecule has 288 valence electrons. The van der Waals surface area contributed by atoms with E-state index in [2.05, 4.69) is 14.2 Å². The molecule has 2 aromatic carbocycles. The van der Waals surface area contributed by atoms with Gasteiger partial charge in [-0.25, -0.2) is 26.3 Å². The molecule has 0 aliphatic carbocycles. The lowest BCUT2D eigenvalue weighted by Gasteiger charge is -2.35. The average Bonchev–Trinajstić information content (AvgIpc) is 3.00. The summed E-state index contributed by atoms with van der Waals surface area (Å²) in [5.41, 5.74) is 0. The first kappa shape index (κ1) is 42.7. The monoisotopic (exact) mass is 806 g/mol. The number of alkyl halides is 12. The van der Waals surface area contributed by atoms with Gasteiger partial charge in [-0.2, -0.15) is 87.8 Å². The Kier molecular flexibility index (Phi) is 11.1. The number of allylic oxidation sites excluding steroid dienone is 2. The van der Waals surface area contributed by atoms with Crippen LogP contribution in [-0.4, -0.2) is 35.9 Å². The molecular weight excluding hydrogens is 806 g/mol. The van der Waals surface area contributed by atoms with Crippen molar-refractivity contribution in [1.82, 2.24) is 0 Å². The van der Waals surface area contributed by atoms with Crippen molar-refractivity contribution in [2.24, 2.45) is 0 Å². The van der Waals surface area contributed by atoms with Crippen LogP contribution < -0.4 is 9.47 Å². The van der Waals surface area contributed by atoms with Crippen molar-refractivity contribution < 1.29 is 128 Å². The van der Waals surface area contributed by atoms with Crippen LogP contribution in [0.3, 0.4) is 0 Å². The fourth-order valence-electron chi connectivity index (χ4n) is 2.93. The third-order valence-corrected chi connectivity index (χ3v) is 5.44. The van der Waals surface area contributed by atoms with Crippen LogP contribution in [0.25, 0.3) is 0 Å². The van der Waals surface area contributed by atoms with Crippen molar-refractivity contribution >= 4 is 0 Å². The van der Waals surface area contributed by atoms with E-state index in [1.165, 1.54) is 0 Å². The summed E-state index contributed by atoms with van der Waals surface area (Å²) in [5.74, 6) is -84.6. The van der Waals surface area contributed by atoms with Crippen molar-refractivity contribution in [3.63, 3.8) is 0 Å². The van der Waals surface area contributed by atoms with Gasteiger partial charge in [-0.05, 0) is 0 Å². The van der Waals surface area contributed by atoms with Gasteiger partial charge >= 0.3 is 48.1 Å². The van der Waals surface area contributed by atoms with Crippen molar-refractivity contribution in [2.45, 2.75) is 35.9 Å². The number of hydrogen-bond acceptors (Lipinski definition) is 3. The summed E-state index contributed by atoms with van der Waals surface area (Å²) in [5, 5.41) is 0. The van der Waals surface area contributed by atoms with Gasteiger partial charge in [0.25, 0.3) is 0 Å². The third kappa shape index (κ3) is 6.68. The molecule has 0 fully saturated rings. The molecule has 0 spiro atoms. The molecule has 51 heavy (non-hydrogen) atoms. The molecule has 3 nitrogen and oxygen atoms in total. The largest absolute Gasteiger partial charge is 0.471 e. The summed E-state index contributed by atoms with van der Waals surface area (Å²) in [4.78, 5) is 0. The Morgan fingerprint density at radius 2 is 0.529 bits per heavy atom. The van der Waals surface area contributed by atoms with E-state index in [9.17, 15) is 114 Å². The molecule has 0 unspecified atom stereocenters. The third-order valence-electron chi connectivity index (χ3n) is 5.44. The zero-order chi connectivity index (χ0) is 40.4. The summed E-state index contributed by atoms with van der Waals surface area (Å²) in [6, 6.07) is 0. The maximum absolute atomic E-state index is 14.3. The van der Waals surface area contributed by atoms with E-state index in [1.807, 2.05) is 0 Å². The number of benzene rings is 2. The van der Waals surface area contributed by atoms with Gasteiger partial charge in [0.05, 0.1) is 0 Å². The molecule has 0 aliphatic heterocycles. The van der Waals surface area contributed by atoms with E-state index in [0.717, 1.165) is 0 Å². The van der Waals surface area contributed by atoms with E-state index < -0.39 is 129 Å². The van der Waals surface area contributed by atoms with Crippen LogP contribution in [0, 0.1) is 58.2 Å². The van der Waals surface area contributed by atoms with E-state index in [4.69, 9.17) is 0 Å². The fraction of sp³-hybridized carbons (Fsp3) is 0.273. The van der Waals surface area contributed by atoms with Gasteiger partial charge in [0.15, 0.2) is 0 Å². The standard InChI is InChI=1S/C22F26O3/c23-1-3(25)7(29)11(8(30)4(1)26)50-21(45,46)19(41,42)17(37,38)13(15(33)34)49-14(16(35)36)18(39,40)20(43,44)22(47,48)51-12-9(31)5(27)2(24)6(28)10(12)32. The average molecular weight is 806 g/mol. The highest BCUT2D eigenvalue weighted by molar-refractivity contribution is 5.32. The summed E-state index contributed by atoms with van der Waals surface area (Å²) in [6.45, 7) is 0. The lowest BCUT2D eigenvalue weighted by Crippen LogP contribution is -2.60. The van der Waals surface area contributed by atoms with Gasteiger partial charge in [0.2, 0.25) is 81.2 Å². The molecule has 0 heterocycles. The molecule has 0 saturated heterocycles. The van der Waals surface area contributed by atoms with Gasteiger partial charge in [0, 0.05) is 0 Å². The molecule has 0 bridgehead atoms. The predicted octanol–water partition coefficient (Wildman–Crippen LogP) is 10.5. The zero-order valence-corrected chi connectivity index (χ0v) is 22.1. The first-order chi connectivity index (χ1) is 22.7. The molecule has 2 aromatic rings. The van der Waals surface area contributed by atoms with E-state index in [1.54, 1.807) is 0 Å². The molecule has 0 aliphatic rings.